The third-order valence-electron chi connectivity index (χ3n) is 3.94. The Kier molecular flexibility index (Phi) is 6.02. The number of hydrogen-bond donors (Lipinski definition) is 2. The topological polar surface area (TPSA) is 58.2 Å². The third-order valence-corrected chi connectivity index (χ3v) is 3.94. The van der Waals surface area contributed by atoms with Crippen LogP contribution in [0.15, 0.2) is 42.5 Å². The monoisotopic (exact) mass is 364 g/mol. The van der Waals surface area contributed by atoms with Gasteiger partial charge in [0.05, 0.1) is 11.1 Å². The fourth-order valence-corrected chi connectivity index (χ4v) is 2.36. The van der Waals surface area contributed by atoms with Crippen molar-refractivity contribution in [2.75, 3.05) is 13.1 Å². The van der Waals surface area contributed by atoms with Crippen LogP contribution < -0.4 is 10.6 Å². The molecular weight excluding hydrogens is 345 g/mol. The lowest BCUT2D eigenvalue weighted by Gasteiger charge is -2.13. The SMILES string of the molecule is Cc1ccc(C(=O)NCCNC(=O)c2ccccc2C(F)(F)F)cc1C. The van der Waals surface area contributed by atoms with Crippen molar-refractivity contribution in [2.24, 2.45) is 0 Å². The van der Waals surface area contributed by atoms with Crippen LogP contribution in [-0.4, -0.2) is 24.9 Å². The molecule has 0 aromatic heterocycles. The fraction of sp³-hybridized carbons (Fsp3) is 0.263. The van der Waals surface area contributed by atoms with Crippen molar-refractivity contribution in [1.82, 2.24) is 10.6 Å². The summed E-state index contributed by atoms with van der Waals surface area (Å²) in [7, 11) is 0. The third kappa shape index (κ3) is 4.84. The molecule has 2 amide bonds. The van der Waals surface area contributed by atoms with E-state index in [-0.39, 0.29) is 19.0 Å². The minimum Gasteiger partial charge on any atom is -0.350 e. The molecule has 0 unspecified atom stereocenters. The molecular formula is C19H19F3N2O2. The van der Waals surface area contributed by atoms with Crippen molar-refractivity contribution in [3.05, 3.63) is 70.3 Å². The van der Waals surface area contributed by atoms with Crippen LogP contribution in [0.3, 0.4) is 0 Å². The zero-order valence-electron chi connectivity index (χ0n) is 14.4. The number of amides is 2. The van der Waals surface area contributed by atoms with Crippen LogP contribution in [0.5, 0.6) is 0 Å². The molecule has 7 heteroatoms. The number of carbonyl (C=O) groups excluding carboxylic acids is 2. The van der Waals surface area contributed by atoms with Crippen LogP contribution in [0.1, 0.15) is 37.4 Å². The molecule has 2 rings (SSSR count). The van der Waals surface area contributed by atoms with E-state index in [1.807, 2.05) is 19.9 Å². The molecule has 0 spiro atoms. The van der Waals surface area contributed by atoms with Gasteiger partial charge in [-0.3, -0.25) is 9.59 Å². The first-order chi connectivity index (χ1) is 12.2. The van der Waals surface area contributed by atoms with E-state index < -0.39 is 23.2 Å². The van der Waals surface area contributed by atoms with E-state index in [0.29, 0.717) is 5.56 Å². The highest BCUT2D eigenvalue weighted by Crippen LogP contribution is 2.31. The molecule has 0 aliphatic carbocycles. The van der Waals surface area contributed by atoms with Gasteiger partial charge in [0, 0.05) is 18.7 Å². The largest absolute Gasteiger partial charge is 0.417 e. The maximum atomic E-state index is 12.9. The van der Waals surface area contributed by atoms with E-state index in [1.54, 1.807) is 12.1 Å². The Morgan fingerprint density at radius 3 is 2.12 bits per heavy atom. The molecule has 26 heavy (non-hydrogen) atoms. The van der Waals surface area contributed by atoms with Crippen LogP contribution in [0.2, 0.25) is 0 Å². The summed E-state index contributed by atoms with van der Waals surface area (Å²) in [6.45, 7) is 3.95. The van der Waals surface area contributed by atoms with E-state index >= 15 is 0 Å². The zero-order valence-corrected chi connectivity index (χ0v) is 14.4. The molecule has 0 saturated heterocycles. The van der Waals surface area contributed by atoms with Gasteiger partial charge in [-0.2, -0.15) is 13.2 Å². The second-order valence-electron chi connectivity index (χ2n) is 5.85. The smallest absolute Gasteiger partial charge is 0.350 e. The maximum absolute atomic E-state index is 12.9. The predicted molar refractivity (Wildman–Crippen MR) is 92.0 cm³/mol. The van der Waals surface area contributed by atoms with Crippen LogP contribution >= 0.6 is 0 Å². The van der Waals surface area contributed by atoms with Gasteiger partial charge >= 0.3 is 6.18 Å². The standard InChI is InChI=1S/C19H19F3N2O2/c1-12-7-8-14(11-13(12)2)17(25)23-9-10-24-18(26)15-5-3-4-6-16(15)19(20,21)22/h3-8,11H,9-10H2,1-2H3,(H,23,25)(H,24,26). The summed E-state index contributed by atoms with van der Waals surface area (Å²) < 4.78 is 38.7. The molecule has 0 atom stereocenters. The minimum absolute atomic E-state index is 0.0155. The first kappa shape index (κ1) is 19.5. The van der Waals surface area contributed by atoms with Gasteiger partial charge in [-0.25, -0.2) is 0 Å². The fourth-order valence-electron chi connectivity index (χ4n) is 2.36. The van der Waals surface area contributed by atoms with Gasteiger partial charge in [0.15, 0.2) is 0 Å². The molecule has 0 fully saturated rings. The Labute approximate surface area is 149 Å². The normalized spacial score (nSPS) is 11.1. The number of nitrogens with one attached hydrogen (secondary N) is 2. The average molecular weight is 364 g/mol. The van der Waals surface area contributed by atoms with Gasteiger partial charge in [-0.05, 0) is 49.2 Å². The Balaban J connectivity index is 1.89. The first-order valence-corrected chi connectivity index (χ1v) is 8.00. The predicted octanol–water partition coefficient (Wildman–Crippen LogP) is 3.48. The second-order valence-corrected chi connectivity index (χ2v) is 5.85. The molecule has 2 aromatic rings. The summed E-state index contributed by atoms with van der Waals surface area (Å²) in [6, 6.07) is 9.84. The van der Waals surface area contributed by atoms with Gasteiger partial charge in [0.2, 0.25) is 0 Å². The van der Waals surface area contributed by atoms with Crippen LogP contribution in [0, 0.1) is 13.8 Å². The molecule has 0 heterocycles. The molecule has 2 N–H and O–H groups in total. The Morgan fingerprint density at radius 2 is 1.50 bits per heavy atom. The van der Waals surface area contributed by atoms with Crippen LogP contribution in [0.25, 0.3) is 0 Å². The van der Waals surface area contributed by atoms with Crippen molar-refractivity contribution in [3.8, 4) is 0 Å². The van der Waals surface area contributed by atoms with Gasteiger partial charge < -0.3 is 10.6 Å². The van der Waals surface area contributed by atoms with Crippen molar-refractivity contribution in [3.63, 3.8) is 0 Å². The lowest BCUT2D eigenvalue weighted by atomic mass is 10.1. The number of hydrogen-bond acceptors (Lipinski definition) is 2. The first-order valence-electron chi connectivity index (χ1n) is 8.00. The van der Waals surface area contributed by atoms with Crippen LogP contribution in [0.4, 0.5) is 13.2 Å². The molecule has 0 bridgehead atoms. The summed E-state index contributed by atoms with van der Waals surface area (Å²) in [4.78, 5) is 24.0. The zero-order chi connectivity index (χ0) is 19.3. The number of rotatable bonds is 5. The maximum Gasteiger partial charge on any atom is 0.417 e. The van der Waals surface area contributed by atoms with Gasteiger partial charge in [-0.15, -0.1) is 0 Å². The summed E-state index contributed by atoms with van der Waals surface area (Å²) in [6.07, 6.45) is -4.61. The van der Waals surface area contributed by atoms with Crippen molar-refractivity contribution >= 4 is 11.8 Å². The summed E-state index contributed by atoms with van der Waals surface area (Å²) in [5.74, 6) is -1.14. The van der Waals surface area contributed by atoms with E-state index in [1.165, 1.54) is 12.1 Å². The Bertz CT molecular complexity index is 817. The Hall–Kier alpha value is -2.83. The Morgan fingerprint density at radius 1 is 0.885 bits per heavy atom. The summed E-state index contributed by atoms with van der Waals surface area (Å²) in [5, 5.41) is 5.01. The van der Waals surface area contributed by atoms with E-state index in [2.05, 4.69) is 10.6 Å². The van der Waals surface area contributed by atoms with Gasteiger partial charge in [0.1, 0.15) is 0 Å². The number of halogens is 3. The molecule has 0 aliphatic rings. The average Bonchev–Trinajstić information content (AvgIpc) is 2.60. The van der Waals surface area contributed by atoms with Crippen LogP contribution in [-0.2, 0) is 6.18 Å². The highest BCUT2D eigenvalue weighted by atomic mass is 19.4. The molecule has 0 saturated carbocycles. The highest BCUT2D eigenvalue weighted by molar-refractivity contribution is 5.96. The number of benzene rings is 2. The van der Waals surface area contributed by atoms with Crippen molar-refractivity contribution < 1.29 is 22.8 Å². The summed E-state index contributed by atoms with van der Waals surface area (Å²) >= 11 is 0. The molecule has 138 valence electrons. The molecule has 0 radical (unpaired) electrons. The summed E-state index contributed by atoms with van der Waals surface area (Å²) in [5.41, 5.74) is 1.10. The van der Waals surface area contributed by atoms with Gasteiger partial charge in [0.25, 0.3) is 11.8 Å². The molecule has 2 aromatic carbocycles. The lowest BCUT2D eigenvalue weighted by Crippen LogP contribution is -2.35. The number of aryl methyl sites for hydroxylation is 2. The highest BCUT2D eigenvalue weighted by Gasteiger charge is 2.34. The van der Waals surface area contributed by atoms with Crippen molar-refractivity contribution in [2.45, 2.75) is 20.0 Å². The molecule has 4 nitrogen and oxygen atoms in total. The van der Waals surface area contributed by atoms with Crippen molar-refractivity contribution in [1.29, 1.82) is 0 Å². The second kappa shape index (κ2) is 8.03. The minimum atomic E-state index is -4.61. The number of alkyl halides is 3. The lowest BCUT2D eigenvalue weighted by molar-refractivity contribution is -0.137. The van der Waals surface area contributed by atoms with Gasteiger partial charge in [-0.1, -0.05) is 18.2 Å². The number of carbonyl (C=O) groups is 2. The quantitative estimate of drug-likeness (QED) is 0.798. The van der Waals surface area contributed by atoms with E-state index in [0.717, 1.165) is 23.3 Å². The molecule has 0 aliphatic heterocycles. The van der Waals surface area contributed by atoms with E-state index in [4.69, 9.17) is 0 Å². The van der Waals surface area contributed by atoms with E-state index in [9.17, 15) is 22.8 Å².